The van der Waals surface area contributed by atoms with Crippen molar-refractivity contribution in [2.75, 3.05) is 39.0 Å². The van der Waals surface area contributed by atoms with E-state index in [4.69, 9.17) is 11.6 Å². The van der Waals surface area contributed by atoms with Crippen LogP contribution in [0.2, 0.25) is 5.02 Å². The van der Waals surface area contributed by atoms with Crippen molar-refractivity contribution in [3.8, 4) is 0 Å². The average molecular weight is 368 g/mol. The molecule has 1 aliphatic carbocycles. The maximum atomic E-state index is 13.5. The van der Waals surface area contributed by atoms with E-state index in [1.54, 1.807) is 6.07 Å². The SMILES string of the molecule is CN(C)C1CCN(CC2(Nc3ccc(F)c(Cl)c3)CCCCC2)CC1. The molecule has 1 aromatic carbocycles. The second kappa shape index (κ2) is 8.24. The molecule has 2 fully saturated rings. The summed E-state index contributed by atoms with van der Waals surface area (Å²) in [6.07, 6.45) is 8.67. The van der Waals surface area contributed by atoms with Crippen molar-refractivity contribution in [2.24, 2.45) is 0 Å². The number of piperidine rings is 1. The fourth-order valence-electron chi connectivity index (χ4n) is 4.45. The number of likely N-dealkylation sites (tertiary alicyclic amines) is 1. The molecule has 3 rings (SSSR count). The molecular weight excluding hydrogens is 337 g/mol. The second-order valence-corrected chi connectivity index (χ2v) is 8.47. The highest BCUT2D eigenvalue weighted by atomic mass is 35.5. The van der Waals surface area contributed by atoms with E-state index in [0.717, 1.165) is 25.3 Å². The molecule has 0 bridgehead atoms. The van der Waals surface area contributed by atoms with Crippen LogP contribution >= 0.6 is 11.6 Å². The third kappa shape index (κ3) is 4.87. The summed E-state index contributed by atoms with van der Waals surface area (Å²) in [6, 6.07) is 5.72. The standard InChI is InChI=1S/C20H31ClFN3/c1-24(2)17-8-12-25(13-9-17)15-20(10-4-3-5-11-20)23-16-6-7-19(22)18(21)14-16/h6-7,14,17,23H,3-5,8-13,15H2,1-2H3. The van der Waals surface area contributed by atoms with Crippen LogP contribution in [0.3, 0.4) is 0 Å². The first-order chi connectivity index (χ1) is 12.0. The molecule has 1 saturated heterocycles. The van der Waals surface area contributed by atoms with Gasteiger partial charge in [0.2, 0.25) is 0 Å². The Balaban J connectivity index is 1.67. The first-order valence-corrected chi connectivity index (χ1v) is 9.97. The number of hydrogen-bond donors (Lipinski definition) is 1. The molecule has 0 unspecified atom stereocenters. The summed E-state index contributed by atoms with van der Waals surface area (Å²) < 4.78 is 13.5. The van der Waals surface area contributed by atoms with Gasteiger partial charge < -0.3 is 15.1 Å². The summed E-state index contributed by atoms with van der Waals surface area (Å²) in [4.78, 5) is 4.97. The third-order valence-corrected chi connectivity index (χ3v) is 6.24. The number of rotatable bonds is 5. The Bertz CT molecular complexity index is 564. The maximum absolute atomic E-state index is 13.5. The number of benzene rings is 1. The van der Waals surface area contributed by atoms with Gasteiger partial charge >= 0.3 is 0 Å². The second-order valence-electron chi connectivity index (χ2n) is 8.07. The van der Waals surface area contributed by atoms with Crippen LogP contribution in [0.15, 0.2) is 18.2 Å². The number of halogens is 2. The molecule has 1 aliphatic heterocycles. The van der Waals surface area contributed by atoms with Crippen molar-refractivity contribution in [2.45, 2.75) is 56.5 Å². The molecule has 0 amide bonds. The average Bonchev–Trinajstić information content (AvgIpc) is 2.59. The summed E-state index contributed by atoms with van der Waals surface area (Å²) in [6.45, 7) is 3.40. The van der Waals surface area contributed by atoms with E-state index in [1.807, 2.05) is 6.07 Å². The largest absolute Gasteiger partial charge is 0.378 e. The summed E-state index contributed by atoms with van der Waals surface area (Å²) >= 11 is 5.98. The summed E-state index contributed by atoms with van der Waals surface area (Å²) in [5.74, 6) is -0.351. The highest BCUT2D eigenvalue weighted by molar-refractivity contribution is 6.31. The molecule has 0 spiro atoms. The summed E-state index contributed by atoms with van der Waals surface area (Å²) in [5, 5.41) is 3.94. The zero-order chi connectivity index (χ0) is 17.9. The number of nitrogens with zero attached hydrogens (tertiary/aromatic N) is 2. The third-order valence-electron chi connectivity index (χ3n) is 5.95. The van der Waals surface area contributed by atoms with Crippen molar-refractivity contribution in [1.82, 2.24) is 9.80 Å². The predicted molar refractivity (Wildman–Crippen MR) is 104 cm³/mol. The molecule has 1 saturated carbocycles. The lowest BCUT2D eigenvalue weighted by Gasteiger charge is -2.45. The fraction of sp³-hybridized carbons (Fsp3) is 0.700. The van der Waals surface area contributed by atoms with E-state index in [-0.39, 0.29) is 16.4 Å². The van der Waals surface area contributed by atoms with Gasteiger partial charge in [-0.3, -0.25) is 0 Å². The monoisotopic (exact) mass is 367 g/mol. The van der Waals surface area contributed by atoms with Crippen LogP contribution in [0.4, 0.5) is 10.1 Å². The van der Waals surface area contributed by atoms with E-state index in [0.29, 0.717) is 6.04 Å². The van der Waals surface area contributed by atoms with Crippen LogP contribution in [-0.2, 0) is 0 Å². The van der Waals surface area contributed by atoms with Crippen LogP contribution < -0.4 is 5.32 Å². The number of anilines is 1. The van der Waals surface area contributed by atoms with Crippen molar-refractivity contribution in [3.05, 3.63) is 29.0 Å². The maximum Gasteiger partial charge on any atom is 0.141 e. The summed E-state index contributed by atoms with van der Waals surface area (Å²) in [5.41, 5.74) is 1.03. The molecule has 5 heteroatoms. The van der Waals surface area contributed by atoms with E-state index in [2.05, 4.69) is 29.2 Å². The van der Waals surface area contributed by atoms with Crippen molar-refractivity contribution in [1.29, 1.82) is 0 Å². The molecule has 3 nitrogen and oxygen atoms in total. The van der Waals surface area contributed by atoms with Gasteiger partial charge in [-0.25, -0.2) is 4.39 Å². The Morgan fingerprint density at radius 2 is 1.88 bits per heavy atom. The molecular formula is C20H31ClFN3. The van der Waals surface area contributed by atoms with Gasteiger partial charge in [-0.2, -0.15) is 0 Å². The molecule has 2 aliphatic rings. The van der Waals surface area contributed by atoms with E-state index in [1.165, 1.54) is 51.0 Å². The molecule has 0 radical (unpaired) electrons. The Morgan fingerprint density at radius 3 is 2.48 bits per heavy atom. The lowest BCUT2D eigenvalue weighted by Crippen LogP contribution is -2.53. The first-order valence-electron chi connectivity index (χ1n) is 9.59. The highest BCUT2D eigenvalue weighted by Crippen LogP contribution is 2.34. The van der Waals surface area contributed by atoms with Gasteiger partial charge in [0.05, 0.1) is 5.02 Å². The Kier molecular flexibility index (Phi) is 6.24. The Labute approximate surface area is 156 Å². The Hall–Kier alpha value is -0.840. The van der Waals surface area contributed by atoms with Gasteiger partial charge in [-0.05, 0) is 71.1 Å². The smallest absolute Gasteiger partial charge is 0.141 e. The molecule has 0 atom stereocenters. The van der Waals surface area contributed by atoms with Gasteiger partial charge in [0, 0.05) is 23.8 Å². The van der Waals surface area contributed by atoms with Crippen molar-refractivity contribution >= 4 is 17.3 Å². The van der Waals surface area contributed by atoms with E-state index < -0.39 is 0 Å². The van der Waals surface area contributed by atoms with E-state index in [9.17, 15) is 4.39 Å². The zero-order valence-corrected chi connectivity index (χ0v) is 16.3. The van der Waals surface area contributed by atoms with Gasteiger partial charge in [0.25, 0.3) is 0 Å². The highest BCUT2D eigenvalue weighted by Gasteiger charge is 2.35. The lowest BCUT2D eigenvalue weighted by molar-refractivity contribution is 0.115. The van der Waals surface area contributed by atoms with Crippen LogP contribution in [-0.4, -0.2) is 55.1 Å². The molecule has 140 valence electrons. The van der Waals surface area contributed by atoms with Crippen LogP contribution in [0.1, 0.15) is 44.9 Å². The van der Waals surface area contributed by atoms with Gasteiger partial charge in [0.1, 0.15) is 5.82 Å². The van der Waals surface area contributed by atoms with Crippen LogP contribution in [0.5, 0.6) is 0 Å². The quantitative estimate of drug-likeness (QED) is 0.819. The topological polar surface area (TPSA) is 18.5 Å². The van der Waals surface area contributed by atoms with Crippen molar-refractivity contribution in [3.63, 3.8) is 0 Å². The molecule has 1 N–H and O–H groups in total. The minimum atomic E-state index is -0.351. The van der Waals surface area contributed by atoms with E-state index >= 15 is 0 Å². The van der Waals surface area contributed by atoms with Crippen molar-refractivity contribution < 1.29 is 4.39 Å². The normalized spacial score (nSPS) is 22.3. The van der Waals surface area contributed by atoms with Crippen LogP contribution in [0.25, 0.3) is 0 Å². The first kappa shape index (κ1) is 18.9. The molecule has 1 heterocycles. The Morgan fingerprint density at radius 1 is 1.20 bits per heavy atom. The number of hydrogen-bond acceptors (Lipinski definition) is 3. The van der Waals surface area contributed by atoms with Gasteiger partial charge in [0.15, 0.2) is 0 Å². The molecule has 1 aromatic rings. The molecule has 25 heavy (non-hydrogen) atoms. The summed E-state index contributed by atoms with van der Waals surface area (Å²) in [7, 11) is 4.37. The van der Waals surface area contributed by atoms with Crippen LogP contribution in [0, 0.1) is 5.82 Å². The van der Waals surface area contributed by atoms with Gasteiger partial charge in [-0.1, -0.05) is 30.9 Å². The lowest BCUT2D eigenvalue weighted by atomic mass is 9.80. The number of nitrogens with one attached hydrogen (secondary N) is 1. The minimum Gasteiger partial charge on any atom is -0.378 e. The minimum absolute atomic E-state index is 0.0877. The molecule has 0 aromatic heterocycles. The predicted octanol–water partition coefficient (Wildman–Crippen LogP) is 4.62. The zero-order valence-electron chi connectivity index (χ0n) is 15.5. The van der Waals surface area contributed by atoms with Gasteiger partial charge in [-0.15, -0.1) is 0 Å². The fourth-order valence-corrected chi connectivity index (χ4v) is 4.63.